The summed E-state index contributed by atoms with van der Waals surface area (Å²) in [5, 5.41) is 6.29. The van der Waals surface area contributed by atoms with Crippen LogP contribution in [0.1, 0.15) is 26.3 Å². The molecule has 7 nitrogen and oxygen atoms in total. The van der Waals surface area contributed by atoms with E-state index >= 15 is 0 Å². The Bertz CT molecular complexity index is 1640. The molecule has 0 aliphatic heterocycles. The zero-order chi connectivity index (χ0) is 30.1. The third kappa shape index (κ3) is 7.94. The van der Waals surface area contributed by atoms with Crippen molar-refractivity contribution in [2.24, 2.45) is 0 Å². The molecular formula is C32H26Cl2N2O5S. The molecule has 42 heavy (non-hydrogen) atoms. The minimum atomic E-state index is -0.560. The standard InChI is InChI=1S/C32H26Cl2N2O5S/c1-40-29-13-6-10-21(30(29)41-2)16-27(36-31(38)20-8-4-3-5-9-20)32(39)35-23-11-7-12-24(18-23)42-19-28(37)25-15-14-22(33)17-26(25)34/h3-18H,19H2,1-2H3,(H,35,39)(H,36,38)/b27-16-. The second-order valence-corrected chi connectivity index (χ2v) is 10.7. The number of hydrogen-bond donors (Lipinski definition) is 2. The smallest absolute Gasteiger partial charge is 0.272 e. The van der Waals surface area contributed by atoms with Crippen LogP contribution in [0.3, 0.4) is 0 Å². The number of methoxy groups -OCH3 is 2. The lowest BCUT2D eigenvalue weighted by Crippen LogP contribution is -2.30. The molecule has 4 aromatic rings. The third-order valence-corrected chi connectivity index (χ3v) is 7.50. The summed E-state index contributed by atoms with van der Waals surface area (Å²) in [6, 6.07) is 25.6. The van der Waals surface area contributed by atoms with E-state index < -0.39 is 11.8 Å². The number of ketones is 1. The van der Waals surface area contributed by atoms with E-state index in [1.54, 1.807) is 78.9 Å². The molecule has 4 rings (SSSR count). The lowest BCUT2D eigenvalue weighted by atomic mass is 10.1. The second kappa shape index (κ2) is 14.6. The van der Waals surface area contributed by atoms with Gasteiger partial charge in [0.1, 0.15) is 5.70 Å². The van der Waals surface area contributed by atoms with Crippen molar-refractivity contribution >= 4 is 64.3 Å². The Labute approximate surface area is 257 Å². The molecule has 0 bridgehead atoms. The number of carbonyl (C=O) groups excluding carboxylic acids is 3. The highest BCUT2D eigenvalue weighted by atomic mass is 35.5. The summed E-state index contributed by atoms with van der Waals surface area (Å²) in [6.07, 6.45) is 1.52. The highest BCUT2D eigenvalue weighted by molar-refractivity contribution is 8.00. The van der Waals surface area contributed by atoms with E-state index in [0.29, 0.717) is 43.9 Å². The van der Waals surface area contributed by atoms with Gasteiger partial charge in [-0.05, 0) is 60.7 Å². The van der Waals surface area contributed by atoms with Gasteiger partial charge in [-0.2, -0.15) is 0 Å². The maximum Gasteiger partial charge on any atom is 0.272 e. The van der Waals surface area contributed by atoms with Crippen LogP contribution in [0.5, 0.6) is 11.5 Å². The number of nitrogens with one attached hydrogen (secondary N) is 2. The van der Waals surface area contributed by atoms with Crippen molar-refractivity contribution in [3.8, 4) is 11.5 Å². The topological polar surface area (TPSA) is 93.7 Å². The quantitative estimate of drug-likeness (QED) is 0.103. The van der Waals surface area contributed by atoms with E-state index in [4.69, 9.17) is 32.7 Å². The molecule has 0 fully saturated rings. The summed E-state index contributed by atoms with van der Waals surface area (Å²) >= 11 is 13.4. The molecule has 0 saturated heterocycles. The first-order valence-corrected chi connectivity index (χ1v) is 14.3. The predicted molar refractivity (Wildman–Crippen MR) is 168 cm³/mol. The van der Waals surface area contributed by atoms with E-state index in [0.717, 1.165) is 4.90 Å². The van der Waals surface area contributed by atoms with E-state index in [2.05, 4.69) is 10.6 Å². The normalized spacial score (nSPS) is 11.0. The summed E-state index contributed by atoms with van der Waals surface area (Å²) in [5.41, 5.74) is 1.76. The summed E-state index contributed by atoms with van der Waals surface area (Å²) in [6.45, 7) is 0. The Kier molecular flexibility index (Phi) is 10.7. The first kappa shape index (κ1) is 30.7. The highest BCUT2D eigenvalue weighted by Gasteiger charge is 2.18. The number of rotatable bonds is 11. The lowest BCUT2D eigenvalue weighted by Gasteiger charge is -2.14. The van der Waals surface area contributed by atoms with Crippen LogP contribution in [0.25, 0.3) is 6.08 Å². The fraction of sp³-hybridized carbons (Fsp3) is 0.0938. The van der Waals surface area contributed by atoms with Crippen LogP contribution in [0.2, 0.25) is 10.0 Å². The number of carbonyl (C=O) groups is 3. The maximum absolute atomic E-state index is 13.5. The molecule has 0 unspecified atom stereocenters. The van der Waals surface area contributed by atoms with Gasteiger partial charge in [0.05, 0.1) is 25.0 Å². The van der Waals surface area contributed by atoms with Crippen LogP contribution in [0.15, 0.2) is 102 Å². The molecule has 0 aromatic heterocycles. The third-order valence-electron chi connectivity index (χ3n) is 5.96. The van der Waals surface area contributed by atoms with E-state index in [9.17, 15) is 14.4 Å². The molecule has 0 aliphatic carbocycles. The predicted octanol–water partition coefficient (Wildman–Crippen LogP) is 7.40. The number of halogens is 2. The van der Waals surface area contributed by atoms with Crippen molar-refractivity contribution in [1.82, 2.24) is 5.32 Å². The van der Waals surface area contributed by atoms with Gasteiger partial charge in [-0.3, -0.25) is 14.4 Å². The summed E-state index contributed by atoms with van der Waals surface area (Å²) < 4.78 is 10.9. The average molecular weight is 622 g/mol. The summed E-state index contributed by atoms with van der Waals surface area (Å²) in [7, 11) is 3.01. The van der Waals surface area contributed by atoms with Gasteiger partial charge < -0.3 is 20.1 Å². The average Bonchev–Trinajstić information content (AvgIpc) is 2.99. The Morgan fingerprint density at radius 1 is 0.857 bits per heavy atom. The zero-order valence-corrected chi connectivity index (χ0v) is 25.0. The number of thioether (sulfide) groups is 1. The molecule has 0 spiro atoms. The first-order valence-electron chi connectivity index (χ1n) is 12.6. The van der Waals surface area contributed by atoms with Crippen molar-refractivity contribution in [3.05, 3.63) is 123 Å². The second-order valence-electron chi connectivity index (χ2n) is 8.78. The van der Waals surface area contributed by atoms with Crippen LogP contribution in [0, 0.1) is 0 Å². The van der Waals surface area contributed by atoms with Gasteiger partial charge in [0, 0.05) is 32.3 Å². The number of hydrogen-bond acceptors (Lipinski definition) is 6. The maximum atomic E-state index is 13.5. The van der Waals surface area contributed by atoms with Crippen LogP contribution in [-0.4, -0.2) is 37.6 Å². The Morgan fingerprint density at radius 3 is 2.33 bits per heavy atom. The molecule has 4 aromatic carbocycles. The van der Waals surface area contributed by atoms with Gasteiger partial charge >= 0.3 is 0 Å². The van der Waals surface area contributed by atoms with Crippen LogP contribution in [-0.2, 0) is 4.79 Å². The summed E-state index contributed by atoms with van der Waals surface area (Å²) in [5.74, 6) is -0.162. The Balaban J connectivity index is 1.55. The lowest BCUT2D eigenvalue weighted by molar-refractivity contribution is -0.113. The summed E-state index contributed by atoms with van der Waals surface area (Å²) in [4.78, 5) is 40.0. The van der Waals surface area contributed by atoms with Gasteiger partial charge in [-0.15, -0.1) is 11.8 Å². The Hall–Kier alpha value is -4.24. The van der Waals surface area contributed by atoms with Crippen molar-refractivity contribution in [3.63, 3.8) is 0 Å². The number of benzene rings is 4. The molecule has 0 radical (unpaired) electrons. The van der Waals surface area contributed by atoms with E-state index in [1.165, 1.54) is 38.1 Å². The van der Waals surface area contributed by atoms with E-state index in [1.807, 2.05) is 6.07 Å². The monoisotopic (exact) mass is 620 g/mol. The fourth-order valence-electron chi connectivity index (χ4n) is 3.93. The van der Waals surface area contributed by atoms with Gasteiger partial charge in [-0.1, -0.05) is 59.6 Å². The van der Waals surface area contributed by atoms with Gasteiger partial charge in [0.25, 0.3) is 11.8 Å². The number of anilines is 1. The molecule has 2 N–H and O–H groups in total. The fourth-order valence-corrected chi connectivity index (χ4v) is 5.28. The number of ether oxygens (including phenoxy) is 2. The van der Waals surface area contributed by atoms with Crippen LogP contribution in [0.4, 0.5) is 5.69 Å². The number of para-hydroxylation sites is 1. The van der Waals surface area contributed by atoms with Crippen molar-refractivity contribution < 1.29 is 23.9 Å². The molecule has 0 heterocycles. The molecule has 214 valence electrons. The molecule has 10 heteroatoms. The Morgan fingerprint density at radius 2 is 1.62 bits per heavy atom. The minimum Gasteiger partial charge on any atom is -0.493 e. The van der Waals surface area contributed by atoms with Crippen molar-refractivity contribution in [2.75, 3.05) is 25.3 Å². The minimum absolute atomic E-state index is 0.0129. The molecular weight excluding hydrogens is 595 g/mol. The molecule has 2 amide bonds. The van der Waals surface area contributed by atoms with Crippen molar-refractivity contribution in [2.45, 2.75) is 4.90 Å². The molecule has 0 atom stereocenters. The zero-order valence-electron chi connectivity index (χ0n) is 22.7. The van der Waals surface area contributed by atoms with E-state index in [-0.39, 0.29) is 17.2 Å². The first-order chi connectivity index (χ1) is 20.3. The SMILES string of the molecule is COc1cccc(/C=C(\NC(=O)c2ccccc2)C(=O)Nc2cccc(SCC(=O)c3ccc(Cl)cc3Cl)c2)c1OC. The number of Topliss-reactive ketones (excluding diaryl/α,β-unsaturated/α-hetero) is 1. The van der Waals surface area contributed by atoms with Crippen LogP contribution >= 0.6 is 35.0 Å². The van der Waals surface area contributed by atoms with Crippen molar-refractivity contribution in [1.29, 1.82) is 0 Å². The van der Waals surface area contributed by atoms with Gasteiger partial charge in [0.15, 0.2) is 17.3 Å². The largest absolute Gasteiger partial charge is 0.493 e. The van der Waals surface area contributed by atoms with Gasteiger partial charge in [-0.25, -0.2) is 0 Å². The van der Waals surface area contributed by atoms with Gasteiger partial charge in [0.2, 0.25) is 0 Å². The van der Waals surface area contributed by atoms with Crippen LogP contribution < -0.4 is 20.1 Å². The number of amides is 2. The molecule has 0 aliphatic rings. The highest BCUT2D eigenvalue weighted by Crippen LogP contribution is 2.32. The molecule has 0 saturated carbocycles.